The third-order valence-corrected chi connectivity index (χ3v) is 2.32. The van der Waals surface area contributed by atoms with E-state index in [0.29, 0.717) is 19.0 Å². The summed E-state index contributed by atoms with van der Waals surface area (Å²) >= 11 is 4.12. The molecule has 0 amide bonds. The van der Waals surface area contributed by atoms with Crippen molar-refractivity contribution in [3.8, 4) is 5.75 Å². The molecule has 0 aromatic heterocycles. The van der Waals surface area contributed by atoms with Crippen molar-refractivity contribution in [3.05, 3.63) is 42.0 Å². The summed E-state index contributed by atoms with van der Waals surface area (Å²) in [5.74, 6) is 1.49. The summed E-state index contributed by atoms with van der Waals surface area (Å²) in [5.41, 5.74) is 2.07. The van der Waals surface area contributed by atoms with Gasteiger partial charge in [-0.15, -0.1) is 0 Å². The quantitative estimate of drug-likeness (QED) is 0.591. The molecule has 3 heteroatoms. The van der Waals surface area contributed by atoms with Gasteiger partial charge < -0.3 is 9.47 Å². The first-order chi connectivity index (χ1) is 7.26. The van der Waals surface area contributed by atoms with Gasteiger partial charge in [-0.1, -0.05) is 18.7 Å². The van der Waals surface area contributed by atoms with Gasteiger partial charge in [0, 0.05) is 12.9 Å². The first-order valence-electron chi connectivity index (χ1n) is 4.74. The van der Waals surface area contributed by atoms with Crippen molar-refractivity contribution in [1.82, 2.24) is 0 Å². The highest BCUT2D eigenvalue weighted by Crippen LogP contribution is 2.14. The summed E-state index contributed by atoms with van der Waals surface area (Å²) in [6, 6.07) is 7.84. The zero-order valence-electron chi connectivity index (χ0n) is 8.90. The Morgan fingerprint density at radius 1 is 1.47 bits per heavy atom. The molecule has 1 aromatic rings. The van der Waals surface area contributed by atoms with Crippen LogP contribution in [0.15, 0.2) is 36.4 Å². The van der Waals surface area contributed by atoms with Gasteiger partial charge in [0.15, 0.2) is 0 Å². The molecule has 0 atom stereocenters. The highest BCUT2D eigenvalue weighted by molar-refractivity contribution is 7.80. The van der Waals surface area contributed by atoms with Crippen LogP contribution in [0.4, 0.5) is 0 Å². The molecule has 0 heterocycles. The van der Waals surface area contributed by atoms with Crippen molar-refractivity contribution in [3.63, 3.8) is 0 Å². The van der Waals surface area contributed by atoms with E-state index in [-0.39, 0.29) is 0 Å². The van der Waals surface area contributed by atoms with Crippen molar-refractivity contribution in [1.29, 1.82) is 0 Å². The topological polar surface area (TPSA) is 18.5 Å². The van der Waals surface area contributed by atoms with Crippen molar-refractivity contribution in [2.45, 2.75) is 6.61 Å². The summed E-state index contributed by atoms with van der Waals surface area (Å²) in [6.07, 6.45) is 0. The molecule has 0 bridgehead atoms. The minimum absolute atomic E-state index is 0.514. The second-order valence-electron chi connectivity index (χ2n) is 3.28. The molecule has 0 fully saturated rings. The number of rotatable bonds is 6. The molecular formula is C12H16O2S. The monoisotopic (exact) mass is 224 g/mol. The maximum atomic E-state index is 5.54. The molecule has 0 aliphatic rings. The lowest BCUT2D eigenvalue weighted by atomic mass is 10.2. The Balaban J connectivity index is 2.53. The van der Waals surface area contributed by atoms with Gasteiger partial charge in [0.25, 0.3) is 0 Å². The zero-order valence-corrected chi connectivity index (χ0v) is 9.80. The van der Waals surface area contributed by atoms with E-state index in [0.717, 1.165) is 16.9 Å². The molecule has 0 spiro atoms. The Morgan fingerprint density at radius 2 is 2.27 bits per heavy atom. The molecule has 1 aromatic carbocycles. The molecule has 0 unspecified atom stereocenters. The van der Waals surface area contributed by atoms with Crippen LogP contribution in [0.25, 0.3) is 0 Å². The molecule has 1 rings (SSSR count). The number of methoxy groups -OCH3 is 1. The summed E-state index contributed by atoms with van der Waals surface area (Å²) in [5, 5.41) is 0. The minimum Gasteiger partial charge on any atom is -0.489 e. The van der Waals surface area contributed by atoms with Gasteiger partial charge in [-0.05, 0) is 23.3 Å². The summed E-state index contributed by atoms with van der Waals surface area (Å²) in [6.45, 7) is 4.94. The lowest BCUT2D eigenvalue weighted by Crippen LogP contribution is -2.01. The molecule has 15 heavy (non-hydrogen) atoms. The predicted molar refractivity (Wildman–Crippen MR) is 65.6 cm³/mol. The Morgan fingerprint density at radius 3 is 2.93 bits per heavy atom. The summed E-state index contributed by atoms with van der Waals surface area (Å²) in [4.78, 5) is 0. The maximum Gasteiger partial charge on any atom is 0.120 e. The van der Waals surface area contributed by atoms with Crippen LogP contribution in [0, 0.1) is 0 Å². The largest absolute Gasteiger partial charge is 0.489 e. The van der Waals surface area contributed by atoms with Gasteiger partial charge in [0.2, 0.25) is 0 Å². The normalized spacial score (nSPS) is 10.0. The van der Waals surface area contributed by atoms with E-state index in [4.69, 9.17) is 9.47 Å². The Kier molecular flexibility index (Phi) is 5.29. The van der Waals surface area contributed by atoms with Gasteiger partial charge in [0.1, 0.15) is 12.4 Å². The standard InChI is InChI=1S/C12H16O2S/c1-10(9-15)7-14-12-5-3-4-11(6-12)8-13-2/h3-6,15H,1,7-9H2,2H3. The van der Waals surface area contributed by atoms with E-state index >= 15 is 0 Å². The Labute approximate surface area is 96.3 Å². The second-order valence-corrected chi connectivity index (χ2v) is 3.59. The highest BCUT2D eigenvalue weighted by Gasteiger charge is 1.97. The number of benzene rings is 1. The van der Waals surface area contributed by atoms with Crippen LogP contribution in [-0.2, 0) is 11.3 Å². The second kappa shape index (κ2) is 6.53. The average Bonchev–Trinajstić information content (AvgIpc) is 2.27. The van der Waals surface area contributed by atoms with Crippen LogP contribution in [0.2, 0.25) is 0 Å². The van der Waals surface area contributed by atoms with E-state index in [9.17, 15) is 0 Å². The molecule has 0 aliphatic heterocycles. The highest BCUT2D eigenvalue weighted by atomic mass is 32.1. The third kappa shape index (κ3) is 4.40. The van der Waals surface area contributed by atoms with E-state index in [2.05, 4.69) is 19.2 Å². The fraction of sp³-hybridized carbons (Fsp3) is 0.333. The van der Waals surface area contributed by atoms with Crippen LogP contribution in [0.3, 0.4) is 0 Å². The van der Waals surface area contributed by atoms with E-state index in [1.807, 2.05) is 24.3 Å². The molecule has 82 valence electrons. The molecule has 0 saturated heterocycles. The van der Waals surface area contributed by atoms with Gasteiger partial charge in [-0.25, -0.2) is 0 Å². The molecule has 0 saturated carbocycles. The van der Waals surface area contributed by atoms with Gasteiger partial charge in [-0.2, -0.15) is 12.6 Å². The van der Waals surface area contributed by atoms with Crippen LogP contribution >= 0.6 is 12.6 Å². The Bertz CT molecular complexity index is 323. The van der Waals surface area contributed by atoms with Gasteiger partial charge >= 0.3 is 0 Å². The van der Waals surface area contributed by atoms with Crippen LogP contribution in [0.1, 0.15) is 5.56 Å². The van der Waals surface area contributed by atoms with Crippen molar-refractivity contribution in [2.75, 3.05) is 19.5 Å². The third-order valence-electron chi connectivity index (χ3n) is 1.88. The van der Waals surface area contributed by atoms with Crippen molar-refractivity contribution >= 4 is 12.6 Å². The molecule has 2 nitrogen and oxygen atoms in total. The lowest BCUT2D eigenvalue weighted by Gasteiger charge is -2.08. The number of hydrogen-bond donors (Lipinski definition) is 1. The lowest BCUT2D eigenvalue weighted by molar-refractivity contribution is 0.184. The van der Waals surface area contributed by atoms with Crippen LogP contribution in [0.5, 0.6) is 5.75 Å². The van der Waals surface area contributed by atoms with Crippen LogP contribution < -0.4 is 4.74 Å². The molecule has 0 aliphatic carbocycles. The van der Waals surface area contributed by atoms with Gasteiger partial charge in [-0.3, -0.25) is 0 Å². The minimum atomic E-state index is 0.514. The number of ether oxygens (including phenoxy) is 2. The van der Waals surface area contributed by atoms with E-state index in [1.54, 1.807) is 7.11 Å². The SMILES string of the molecule is C=C(CS)COc1cccc(COC)c1. The number of thiol groups is 1. The number of hydrogen-bond acceptors (Lipinski definition) is 3. The van der Waals surface area contributed by atoms with Crippen LogP contribution in [-0.4, -0.2) is 19.5 Å². The smallest absolute Gasteiger partial charge is 0.120 e. The van der Waals surface area contributed by atoms with Crippen molar-refractivity contribution < 1.29 is 9.47 Å². The predicted octanol–water partition coefficient (Wildman–Crippen LogP) is 2.70. The van der Waals surface area contributed by atoms with E-state index < -0.39 is 0 Å². The summed E-state index contributed by atoms with van der Waals surface area (Å²) < 4.78 is 10.6. The fourth-order valence-electron chi connectivity index (χ4n) is 1.12. The fourth-order valence-corrected chi connectivity index (χ4v) is 1.21. The first kappa shape index (κ1) is 12.1. The van der Waals surface area contributed by atoms with Gasteiger partial charge in [0.05, 0.1) is 6.61 Å². The molecule has 0 N–H and O–H groups in total. The first-order valence-corrected chi connectivity index (χ1v) is 5.37. The Hall–Kier alpha value is -0.930. The average molecular weight is 224 g/mol. The molecular weight excluding hydrogens is 208 g/mol. The maximum absolute atomic E-state index is 5.54. The van der Waals surface area contributed by atoms with Crippen molar-refractivity contribution in [2.24, 2.45) is 0 Å². The molecule has 0 radical (unpaired) electrons. The summed E-state index contributed by atoms with van der Waals surface area (Å²) in [7, 11) is 1.68. The zero-order chi connectivity index (χ0) is 11.1. The van der Waals surface area contributed by atoms with E-state index in [1.165, 1.54) is 0 Å².